The Hall–Kier alpha value is -2.35. The maximum atomic E-state index is 12.6. The minimum absolute atomic E-state index is 0.0138. The molecule has 2 heterocycles. The molecule has 1 aromatic carbocycles. The Morgan fingerprint density at radius 1 is 1.08 bits per heavy atom. The Kier molecular flexibility index (Phi) is 4.80. The van der Waals surface area contributed by atoms with Crippen LogP contribution in [0, 0.1) is 0 Å². The second-order valence-electron chi connectivity index (χ2n) is 4.98. The molecule has 9 heteroatoms. The van der Waals surface area contributed by atoms with Crippen molar-refractivity contribution in [3.05, 3.63) is 76.8 Å². The van der Waals surface area contributed by atoms with Crippen molar-refractivity contribution >= 4 is 44.8 Å². The number of anilines is 1. The van der Waals surface area contributed by atoms with E-state index in [0.717, 1.165) is 3.97 Å². The summed E-state index contributed by atoms with van der Waals surface area (Å²) in [6, 6.07) is 10.4. The maximum Gasteiger partial charge on any atom is 0.274 e. The zero-order valence-electron chi connectivity index (χ0n) is 12.6. The van der Waals surface area contributed by atoms with Crippen molar-refractivity contribution in [1.29, 1.82) is 0 Å². The fraction of sp³-hybridized carbons (Fsp3) is 0. The summed E-state index contributed by atoms with van der Waals surface area (Å²) in [5.41, 5.74) is 0.543. The minimum atomic E-state index is -3.85. The lowest BCUT2D eigenvalue weighted by Crippen LogP contribution is -2.14. The van der Waals surface area contributed by atoms with E-state index in [1.165, 1.54) is 42.9 Å². The fourth-order valence-electron chi connectivity index (χ4n) is 2.05. The van der Waals surface area contributed by atoms with E-state index in [0.29, 0.717) is 5.69 Å². The van der Waals surface area contributed by atoms with Gasteiger partial charge in [-0.05, 0) is 36.4 Å². The summed E-state index contributed by atoms with van der Waals surface area (Å²) in [5, 5.41) is 2.99. The molecule has 0 radical (unpaired) electrons. The summed E-state index contributed by atoms with van der Waals surface area (Å²) in [7, 11) is -3.85. The summed E-state index contributed by atoms with van der Waals surface area (Å²) in [4.78, 5) is 16.0. The molecule has 0 spiro atoms. The molecular weight excluding hydrogens is 385 g/mol. The topological polar surface area (TPSA) is 81.1 Å². The first-order valence-corrected chi connectivity index (χ1v) is 9.18. The van der Waals surface area contributed by atoms with E-state index >= 15 is 0 Å². The lowest BCUT2D eigenvalue weighted by Gasteiger charge is -2.07. The second kappa shape index (κ2) is 6.87. The van der Waals surface area contributed by atoms with Crippen molar-refractivity contribution in [2.24, 2.45) is 0 Å². The molecule has 2 aromatic heterocycles. The van der Waals surface area contributed by atoms with Gasteiger partial charge in [-0.2, -0.15) is 0 Å². The zero-order valence-corrected chi connectivity index (χ0v) is 14.9. The smallest absolute Gasteiger partial charge is 0.274 e. The molecule has 3 aromatic rings. The summed E-state index contributed by atoms with van der Waals surface area (Å²) in [5.74, 6) is -0.440. The third kappa shape index (κ3) is 3.68. The Balaban J connectivity index is 1.85. The summed E-state index contributed by atoms with van der Waals surface area (Å²) < 4.78 is 26.2. The number of halogens is 2. The van der Waals surface area contributed by atoms with Gasteiger partial charge in [0.15, 0.2) is 0 Å². The number of amides is 1. The summed E-state index contributed by atoms with van der Waals surface area (Å²) in [6.45, 7) is 0. The van der Waals surface area contributed by atoms with Crippen molar-refractivity contribution in [3.8, 4) is 0 Å². The van der Waals surface area contributed by atoms with Crippen LogP contribution in [0.5, 0.6) is 0 Å². The molecule has 1 N–H and O–H groups in total. The number of nitrogens with one attached hydrogen (secondary N) is 1. The van der Waals surface area contributed by atoms with Crippen LogP contribution >= 0.6 is 23.2 Å². The van der Waals surface area contributed by atoms with Crippen LogP contribution < -0.4 is 5.32 Å². The van der Waals surface area contributed by atoms with Crippen molar-refractivity contribution in [1.82, 2.24) is 8.96 Å². The van der Waals surface area contributed by atoms with Crippen LogP contribution in [0.25, 0.3) is 0 Å². The number of rotatable bonds is 4. The first-order valence-electron chi connectivity index (χ1n) is 6.99. The van der Waals surface area contributed by atoms with Crippen LogP contribution in [0.2, 0.25) is 10.0 Å². The third-order valence-corrected chi connectivity index (χ3v) is 5.66. The molecule has 25 heavy (non-hydrogen) atoms. The average Bonchev–Trinajstić information content (AvgIpc) is 3.07. The van der Waals surface area contributed by atoms with E-state index < -0.39 is 15.9 Å². The van der Waals surface area contributed by atoms with E-state index in [4.69, 9.17) is 23.2 Å². The molecule has 3 rings (SSSR count). The first kappa shape index (κ1) is 17.5. The molecule has 6 nitrogen and oxygen atoms in total. The lowest BCUT2D eigenvalue weighted by molar-refractivity contribution is 0.102. The highest BCUT2D eigenvalue weighted by molar-refractivity contribution is 7.90. The molecule has 1 amide bonds. The predicted molar refractivity (Wildman–Crippen MR) is 95.7 cm³/mol. The summed E-state index contributed by atoms with van der Waals surface area (Å²) in [6.07, 6.45) is 4.11. The fourth-order valence-corrected chi connectivity index (χ4v) is 3.64. The van der Waals surface area contributed by atoms with Crippen molar-refractivity contribution < 1.29 is 13.2 Å². The number of hydrogen-bond donors (Lipinski definition) is 1. The van der Waals surface area contributed by atoms with Crippen molar-refractivity contribution in [2.75, 3.05) is 5.32 Å². The van der Waals surface area contributed by atoms with E-state index in [-0.39, 0.29) is 20.6 Å². The van der Waals surface area contributed by atoms with E-state index in [1.807, 2.05) is 0 Å². The Morgan fingerprint density at radius 2 is 1.88 bits per heavy atom. The third-order valence-electron chi connectivity index (χ3n) is 3.29. The zero-order chi connectivity index (χ0) is 18.0. The molecule has 0 bridgehead atoms. The number of hydrogen-bond acceptors (Lipinski definition) is 4. The second-order valence-corrected chi connectivity index (χ2v) is 7.64. The average molecular weight is 396 g/mol. The van der Waals surface area contributed by atoms with Crippen LogP contribution in [0.15, 0.2) is 66.0 Å². The molecule has 0 atom stereocenters. The van der Waals surface area contributed by atoms with Gasteiger partial charge in [-0.15, -0.1) is 0 Å². The van der Waals surface area contributed by atoms with Gasteiger partial charge in [0.05, 0.1) is 20.6 Å². The number of nitrogens with zero attached hydrogens (tertiary/aromatic N) is 2. The van der Waals surface area contributed by atoms with Crippen molar-refractivity contribution in [2.45, 2.75) is 4.90 Å². The quantitative estimate of drug-likeness (QED) is 0.730. The van der Waals surface area contributed by atoms with Gasteiger partial charge >= 0.3 is 0 Å². The highest BCUT2D eigenvalue weighted by atomic mass is 35.5. The SMILES string of the molecule is O=C(Nc1ccn(S(=O)(=O)c2ccc(Cl)c(Cl)c2)c1)c1ccccn1. The number of carbonyl (C=O) groups is 1. The van der Waals surface area contributed by atoms with Gasteiger partial charge in [0, 0.05) is 18.6 Å². The minimum Gasteiger partial charge on any atom is -0.319 e. The van der Waals surface area contributed by atoms with Gasteiger partial charge in [0.2, 0.25) is 0 Å². The summed E-state index contributed by atoms with van der Waals surface area (Å²) >= 11 is 11.7. The van der Waals surface area contributed by atoms with Gasteiger partial charge in [-0.1, -0.05) is 29.3 Å². The number of aromatic nitrogens is 2. The van der Waals surface area contributed by atoms with E-state index in [1.54, 1.807) is 18.2 Å². The van der Waals surface area contributed by atoms with Crippen molar-refractivity contribution in [3.63, 3.8) is 0 Å². The molecule has 0 unspecified atom stereocenters. The number of benzene rings is 1. The van der Waals surface area contributed by atoms with E-state index in [2.05, 4.69) is 10.3 Å². The van der Waals surface area contributed by atoms with Gasteiger partial charge in [0.25, 0.3) is 15.9 Å². The molecule has 0 aliphatic carbocycles. The monoisotopic (exact) mass is 395 g/mol. The van der Waals surface area contributed by atoms with Gasteiger partial charge < -0.3 is 5.32 Å². The Morgan fingerprint density at radius 3 is 2.56 bits per heavy atom. The largest absolute Gasteiger partial charge is 0.319 e. The van der Waals surface area contributed by atoms with E-state index in [9.17, 15) is 13.2 Å². The van der Waals surface area contributed by atoms with Gasteiger partial charge in [0.1, 0.15) is 5.69 Å². The molecule has 128 valence electrons. The van der Waals surface area contributed by atoms with Crippen LogP contribution in [0.3, 0.4) is 0 Å². The Labute approximate surface area is 154 Å². The highest BCUT2D eigenvalue weighted by Gasteiger charge is 2.18. The lowest BCUT2D eigenvalue weighted by atomic mass is 10.3. The normalized spacial score (nSPS) is 11.3. The standard InChI is InChI=1S/C16H11Cl2N3O3S/c17-13-5-4-12(9-14(13)18)25(23,24)21-8-6-11(10-21)20-16(22)15-3-1-2-7-19-15/h1-10H,(H,20,22). The van der Waals surface area contributed by atoms with Gasteiger partial charge in [-0.3, -0.25) is 9.78 Å². The molecule has 0 saturated carbocycles. The number of pyridine rings is 1. The molecule has 0 aliphatic heterocycles. The Bertz CT molecular complexity index is 1030. The molecular formula is C16H11Cl2N3O3S. The van der Waals surface area contributed by atoms with Crippen LogP contribution in [-0.4, -0.2) is 23.3 Å². The van der Waals surface area contributed by atoms with Crippen LogP contribution in [0.4, 0.5) is 5.69 Å². The predicted octanol–water partition coefficient (Wildman–Crippen LogP) is 3.68. The molecule has 0 aliphatic rings. The van der Waals surface area contributed by atoms with Gasteiger partial charge in [-0.25, -0.2) is 12.4 Å². The highest BCUT2D eigenvalue weighted by Crippen LogP contribution is 2.26. The van der Waals surface area contributed by atoms with Crippen LogP contribution in [-0.2, 0) is 10.0 Å². The molecule has 0 saturated heterocycles. The number of carbonyl (C=O) groups excluding carboxylic acids is 1. The first-order chi connectivity index (χ1) is 11.9. The van der Waals surface area contributed by atoms with Crippen LogP contribution in [0.1, 0.15) is 10.5 Å². The maximum absolute atomic E-state index is 12.6. The molecule has 0 fully saturated rings.